The Bertz CT molecular complexity index is 628. The van der Waals surface area contributed by atoms with Gasteiger partial charge in [0.05, 0.1) is 24.1 Å². The van der Waals surface area contributed by atoms with Crippen LogP contribution in [0.5, 0.6) is 11.6 Å². The van der Waals surface area contributed by atoms with Gasteiger partial charge in [-0.15, -0.1) is 0 Å². The Labute approximate surface area is 115 Å². The fourth-order valence-electron chi connectivity index (χ4n) is 1.62. The van der Waals surface area contributed by atoms with Gasteiger partial charge in [-0.2, -0.15) is 0 Å². The number of ether oxygens (including phenoxy) is 2. The topological polar surface area (TPSA) is 94.7 Å². The van der Waals surface area contributed by atoms with Crippen LogP contribution < -0.4 is 15.2 Å². The van der Waals surface area contributed by atoms with Crippen LogP contribution in [0.3, 0.4) is 0 Å². The van der Waals surface area contributed by atoms with E-state index in [9.17, 15) is 4.79 Å². The number of aromatic carboxylic acids is 1. The number of pyridine rings is 1. The Kier molecular flexibility index (Phi) is 4.05. The first-order chi connectivity index (χ1) is 9.60. The molecule has 0 radical (unpaired) electrons. The second kappa shape index (κ2) is 5.92. The van der Waals surface area contributed by atoms with Gasteiger partial charge < -0.3 is 20.3 Å². The molecule has 0 aliphatic heterocycles. The van der Waals surface area contributed by atoms with Crippen molar-refractivity contribution in [2.24, 2.45) is 0 Å². The summed E-state index contributed by atoms with van der Waals surface area (Å²) in [7, 11) is 1.54. The fourth-order valence-corrected chi connectivity index (χ4v) is 1.62. The number of rotatable bonds is 5. The van der Waals surface area contributed by atoms with Crippen LogP contribution >= 0.6 is 0 Å². The quantitative estimate of drug-likeness (QED) is 0.809. The summed E-state index contributed by atoms with van der Waals surface area (Å²) < 4.78 is 10.5. The number of hydrogen-bond donors (Lipinski definition) is 2. The van der Waals surface area contributed by atoms with Crippen LogP contribution in [0.25, 0.3) is 0 Å². The second-order valence-electron chi connectivity index (χ2n) is 4.02. The lowest BCUT2D eigenvalue weighted by Crippen LogP contribution is -2.03. The molecule has 20 heavy (non-hydrogen) atoms. The highest BCUT2D eigenvalue weighted by Gasteiger charge is 2.07. The molecule has 6 heteroatoms. The summed E-state index contributed by atoms with van der Waals surface area (Å²) in [4.78, 5) is 15.0. The Balaban J connectivity index is 2.08. The smallest absolute Gasteiger partial charge is 0.335 e. The molecule has 1 heterocycles. The third-order valence-electron chi connectivity index (χ3n) is 2.62. The molecule has 2 rings (SSSR count). The highest BCUT2D eigenvalue weighted by molar-refractivity contribution is 5.89. The maximum Gasteiger partial charge on any atom is 0.335 e. The molecule has 0 aliphatic rings. The number of carbonyl (C=O) groups is 1. The van der Waals surface area contributed by atoms with E-state index in [1.807, 2.05) is 0 Å². The number of nitrogen functional groups attached to an aromatic ring is 1. The molecule has 0 spiro atoms. The summed E-state index contributed by atoms with van der Waals surface area (Å²) in [6.45, 7) is 0.216. The minimum atomic E-state index is -1.03. The van der Waals surface area contributed by atoms with Crippen molar-refractivity contribution in [3.05, 3.63) is 47.7 Å². The van der Waals surface area contributed by atoms with Crippen molar-refractivity contribution in [2.75, 3.05) is 12.8 Å². The van der Waals surface area contributed by atoms with E-state index in [0.29, 0.717) is 17.3 Å². The third-order valence-corrected chi connectivity index (χ3v) is 2.62. The van der Waals surface area contributed by atoms with Crippen molar-refractivity contribution < 1.29 is 19.4 Å². The molecule has 0 fully saturated rings. The van der Waals surface area contributed by atoms with Gasteiger partial charge in [-0.05, 0) is 24.3 Å². The molecule has 0 amide bonds. The average molecular weight is 274 g/mol. The first-order valence-electron chi connectivity index (χ1n) is 5.85. The van der Waals surface area contributed by atoms with Crippen LogP contribution in [0.1, 0.15) is 16.1 Å². The van der Waals surface area contributed by atoms with E-state index in [1.54, 1.807) is 18.2 Å². The van der Waals surface area contributed by atoms with Crippen LogP contribution in [0.2, 0.25) is 0 Å². The van der Waals surface area contributed by atoms with Crippen LogP contribution in [0.4, 0.5) is 5.69 Å². The first-order valence-corrected chi connectivity index (χ1v) is 5.85. The van der Waals surface area contributed by atoms with Crippen molar-refractivity contribution in [1.29, 1.82) is 0 Å². The van der Waals surface area contributed by atoms with Crippen LogP contribution in [-0.4, -0.2) is 23.2 Å². The summed E-state index contributed by atoms with van der Waals surface area (Å²) in [6.07, 6.45) is 0. The van der Waals surface area contributed by atoms with Crippen LogP contribution in [0.15, 0.2) is 36.4 Å². The van der Waals surface area contributed by atoms with Gasteiger partial charge in [0.1, 0.15) is 12.4 Å². The predicted molar refractivity (Wildman–Crippen MR) is 72.9 cm³/mol. The fraction of sp³-hybridized carbons (Fsp3) is 0.143. The minimum absolute atomic E-state index is 0.120. The van der Waals surface area contributed by atoms with Gasteiger partial charge in [0.15, 0.2) is 0 Å². The van der Waals surface area contributed by atoms with Crippen LogP contribution in [-0.2, 0) is 6.61 Å². The number of methoxy groups -OCH3 is 1. The van der Waals surface area contributed by atoms with Crippen molar-refractivity contribution in [1.82, 2.24) is 4.98 Å². The minimum Gasteiger partial charge on any atom is -0.485 e. The van der Waals surface area contributed by atoms with E-state index in [4.69, 9.17) is 20.3 Å². The molecule has 0 saturated carbocycles. The summed E-state index contributed by atoms with van der Waals surface area (Å²) in [5.41, 5.74) is 6.82. The number of carboxylic acid groups (broad SMARTS) is 1. The molecule has 0 aliphatic carbocycles. The molecule has 1 aromatic carbocycles. The number of nitrogens with two attached hydrogens (primary N) is 1. The van der Waals surface area contributed by atoms with E-state index in [-0.39, 0.29) is 17.9 Å². The summed E-state index contributed by atoms with van der Waals surface area (Å²) in [5, 5.41) is 8.85. The number of benzene rings is 1. The van der Waals surface area contributed by atoms with Gasteiger partial charge in [-0.25, -0.2) is 9.78 Å². The Hall–Kier alpha value is -2.76. The molecule has 0 saturated heterocycles. The zero-order valence-electron chi connectivity index (χ0n) is 10.9. The van der Waals surface area contributed by atoms with Gasteiger partial charge in [-0.1, -0.05) is 6.07 Å². The van der Waals surface area contributed by atoms with Crippen molar-refractivity contribution >= 4 is 11.7 Å². The third kappa shape index (κ3) is 3.17. The lowest BCUT2D eigenvalue weighted by Gasteiger charge is -2.09. The molecule has 0 atom stereocenters. The van der Waals surface area contributed by atoms with E-state index in [1.165, 1.54) is 25.3 Å². The lowest BCUT2D eigenvalue weighted by molar-refractivity contribution is 0.0697. The molecule has 104 valence electrons. The maximum absolute atomic E-state index is 10.8. The number of anilines is 1. The van der Waals surface area contributed by atoms with Crippen LogP contribution in [0, 0.1) is 0 Å². The maximum atomic E-state index is 10.8. The van der Waals surface area contributed by atoms with Gasteiger partial charge in [-0.3, -0.25) is 0 Å². The molecule has 0 unspecified atom stereocenters. The molecular weight excluding hydrogens is 260 g/mol. The number of carboxylic acids is 1. The van der Waals surface area contributed by atoms with E-state index in [0.717, 1.165) is 0 Å². The Morgan fingerprint density at radius 2 is 2.15 bits per heavy atom. The summed E-state index contributed by atoms with van der Waals surface area (Å²) in [5.74, 6) is -0.113. The number of nitrogens with zero attached hydrogens (tertiary/aromatic N) is 1. The zero-order chi connectivity index (χ0) is 14.5. The average Bonchev–Trinajstić information content (AvgIpc) is 2.46. The van der Waals surface area contributed by atoms with Crippen molar-refractivity contribution in [2.45, 2.75) is 6.61 Å². The monoisotopic (exact) mass is 274 g/mol. The van der Waals surface area contributed by atoms with Gasteiger partial charge in [0.2, 0.25) is 5.88 Å². The molecule has 1 aromatic heterocycles. The lowest BCUT2D eigenvalue weighted by atomic mass is 10.2. The van der Waals surface area contributed by atoms with E-state index in [2.05, 4.69) is 4.98 Å². The predicted octanol–water partition coefficient (Wildman–Crippen LogP) is 1.95. The number of aromatic nitrogens is 1. The van der Waals surface area contributed by atoms with E-state index >= 15 is 0 Å². The van der Waals surface area contributed by atoms with Gasteiger partial charge >= 0.3 is 5.97 Å². The van der Waals surface area contributed by atoms with Gasteiger partial charge in [0, 0.05) is 6.07 Å². The standard InChI is InChI=1S/C14H14N2O4/c1-19-13-4-2-3-10(16-13)8-20-12-6-5-9(14(17)18)7-11(12)15/h2-7H,8,15H2,1H3,(H,17,18). The number of hydrogen-bond acceptors (Lipinski definition) is 5. The Morgan fingerprint density at radius 1 is 1.35 bits per heavy atom. The van der Waals surface area contributed by atoms with Crippen molar-refractivity contribution in [3.63, 3.8) is 0 Å². The Morgan fingerprint density at radius 3 is 2.80 bits per heavy atom. The molecule has 3 N–H and O–H groups in total. The zero-order valence-corrected chi connectivity index (χ0v) is 10.9. The first kappa shape index (κ1) is 13.7. The summed E-state index contributed by atoms with van der Waals surface area (Å²) in [6, 6.07) is 9.66. The largest absolute Gasteiger partial charge is 0.485 e. The second-order valence-corrected chi connectivity index (χ2v) is 4.02. The van der Waals surface area contributed by atoms with Gasteiger partial charge in [0.25, 0.3) is 0 Å². The molecule has 0 bridgehead atoms. The molecule has 6 nitrogen and oxygen atoms in total. The molecule has 2 aromatic rings. The van der Waals surface area contributed by atoms with E-state index < -0.39 is 5.97 Å². The normalized spacial score (nSPS) is 10.1. The SMILES string of the molecule is COc1cccc(COc2ccc(C(=O)O)cc2N)n1. The summed E-state index contributed by atoms with van der Waals surface area (Å²) >= 11 is 0. The highest BCUT2D eigenvalue weighted by Crippen LogP contribution is 2.23. The highest BCUT2D eigenvalue weighted by atomic mass is 16.5. The molecular formula is C14H14N2O4. The van der Waals surface area contributed by atoms with Crippen molar-refractivity contribution in [3.8, 4) is 11.6 Å².